The molecule has 240 valence electrons. The standard InChI is InChI=1S/C40H35N3O4S/c1-3-37(40(46)43-34-22-11-9-20-31(34)32-21-10-12-23-35(32)43)48-30-19-14-18-29(26-30)41-39(45)33(42-38(44)27-15-6-5-7-16-27)25-28-17-8-13-24-36(28)47-4-2/h5-26,37H,3-4H2,1-2H3,(H,41,45)(H,42,44)/b33-25+. The van der Waals surface area contributed by atoms with E-state index in [4.69, 9.17) is 4.74 Å². The molecule has 0 aliphatic heterocycles. The van der Waals surface area contributed by atoms with Crippen LogP contribution in [0.2, 0.25) is 0 Å². The molecule has 1 unspecified atom stereocenters. The number of hydrogen-bond acceptors (Lipinski definition) is 5. The van der Waals surface area contributed by atoms with Crippen LogP contribution in [-0.4, -0.2) is 34.1 Å². The molecule has 0 bridgehead atoms. The SMILES string of the molecule is CCOc1ccccc1/C=C(/NC(=O)c1ccccc1)C(=O)Nc1cccc(SC(CC)C(=O)n2c3ccccc3c3ccccc32)c1. The van der Waals surface area contributed by atoms with Gasteiger partial charge in [0, 0.05) is 32.5 Å². The van der Waals surface area contributed by atoms with Gasteiger partial charge in [-0.05, 0) is 68.0 Å². The Labute approximate surface area is 283 Å². The fourth-order valence-electron chi connectivity index (χ4n) is 5.61. The number of nitrogens with one attached hydrogen (secondary N) is 2. The Bertz CT molecular complexity index is 2080. The second-order valence-corrected chi connectivity index (χ2v) is 12.3. The van der Waals surface area contributed by atoms with E-state index in [1.165, 1.54) is 11.8 Å². The Morgan fingerprint density at radius 3 is 2.10 bits per heavy atom. The van der Waals surface area contributed by atoms with E-state index in [2.05, 4.69) is 10.6 Å². The maximum atomic E-state index is 14.1. The lowest BCUT2D eigenvalue weighted by atomic mass is 10.1. The molecule has 2 N–H and O–H groups in total. The van der Waals surface area contributed by atoms with Gasteiger partial charge in [0.25, 0.3) is 11.8 Å². The van der Waals surface area contributed by atoms with Gasteiger partial charge in [-0.3, -0.25) is 19.0 Å². The molecule has 0 saturated carbocycles. The molecular formula is C40H35N3O4S. The van der Waals surface area contributed by atoms with E-state index >= 15 is 0 Å². The van der Waals surface area contributed by atoms with Gasteiger partial charge in [0.15, 0.2) is 0 Å². The van der Waals surface area contributed by atoms with Crippen molar-refractivity contribution in [3.05, 3.63) is 144 Å². The minimum atomic E-state index is -0.499. The number of benzene rings is 5. The molecule has 0 saturated heterocycles. The van der Waals surface area contributed by atoms with Crippen LogP contribution in [0.5, 0.6) is 5.75 Å². The Balaban J connectivity index is 1.26. The number of anilines is 1. The van der Waals surface area contributed by atoms with Crippen LogP contribution in [0, 0.1) is 0 Å². The summed E-state index contributed by atoms with van der Waals surface area (Å²) >= 11 is 1.46. The van der Waals surface area contributed by atoms with Gasteiger partial charge in [0.05, 0.1) is 22.9 Å². The molecule has 2 amide bonds. The number of thioether (sulfide) groups is 1. The lowest BCUT2D eigenvalue weighted by molar-refractivity contribution is -0.113. The summed E-state index contributed by atoms with van der Waals surface area (Å²) in [7, 11) is 0. The first-order valence-corrected chi connectivity index (χ1v) is 16.7. The van der Waals surface area contributed by atoms with Crippen molar-refractivity contribution >= 4 is 63.1 Å². The van der Waals surface area contributed by atoms with E-state index in [0.29, 0.717) is 35.6 Å². The van der Waals surface area contributed by atoms with Crippen LogP contribution in [0.15, 0.2) is 138 Å². The zero-order chi connectivity index (χ0) is 33.5. The van der Waals surface area contributed by atoms with E-state index in [1.807, 2.05) is 115 Å². The molecule has 6 aromatic rings. The topological polar surface area (TPSA) is 89.4 Å². The second-order valence-electron chi connectivity index (χ2n) is 11.1. The highest BCUT2D eigenvalue weighted by molar-refractivity contribution is 8.00. The summed E-state index contributed by atoms with van der Waals surface area (Å²) in [5, 5.41) is 7.44. The minimum absolute atomic E-state index is 0.00357. The monoisotopic (exact) mass is 653 g/mol. The number of rotatable bonds is 11. The molecule has 8 heteroatoms. The third-order valence-corrected chi connectivity index (χ3v) is 9.21. The Hall–Kier alpha value is -5.60. The van der Waals surface area contributed by atoms with Gasteiger partial charge in [-0.25, -0.2) is 0 Å². The summed E-state index contributed by atoms with van der Waals surface area (Å²) in [6.45, 7) is 4.34. The fraction of sp³-hybridized carbons (Fsp3) is 0.125. The quantitative estimate of drug-likeness (QED) is 0.108. The predicted octanol–water partition coefficient (Wildman–Crippen LogP) is 8.81. The molecule has 6 rings (SSSR count). The first-order chi connectivity index (χ1) is 23.5. The molecule has 0 spiro atoms. The zero-order valence-corrected chi connectivity index (χ0v) is 27.5. The molecule has 0 fully saturated rings. The van der Waals surface area contributed by atoms with E-state index in [1.54, 1.807) is 36.4 Å². The highest BCUT2D eigenvalue weighted by Crippen LogP contribution is 2.33. The van der Waals surface area contributed by atoms with E-state index in [-0.39, 0.29) is 16.9 Å². The van der Waals surface area contributed by atoms with Crippen LogP contribution in [0.1, 0.15) is 41.0 Å². The van der Waals surface area contributed by atoms with Crippen LogP contribution >= 0.6 is 11.8 Å². The summed E-state index contributed by atoms with van der Waals surface area (Å²) in [6.07, 6.45) is 2.22. The average Bonchev–Trinajstić information content (AvgIpc) is 3.46. The highest BCUT2D eigenvalue weighted by atomic mass is 32.2. The van der Waals surface area contributed by atoms with Crippen LogP contribution in [0.25, 0.3) is 27.9 Å². The van der Waals surface area contributed by atoms with Crippen molar-refractivity contribution in [1.29, 1.82) is 0 Å². The average molecular weight is 654 g/mol. The summed E-state index contributed by atoms with van der Waals surface area (Å²) in [5.74, 6) is -0.321. The first-order valence-electron chi connectivity index (χ1n) is 15.9. The van der Waals surface area contributed by atoms with Crippen molar-refractivity contribution in [2.24, 2.45) is 0 Å². The van der Waals surface area contributed by atoms with Crippen molar-refractivity contribution in [2.75, 3.05) is 11.9 Å². The number of carbonyl (C=O) groups is 3. The second kappa shape index (κ2) is 14.9. The number of hydrogen-bond donors (Lipinski definition) is 2. The molecule has 7 nitrogen and oxygen atoms in total. The van der Waals surface area contributed by atoms with Gasteiger partial charge in [0.1, 0.15) is 11.4 Å². The smallest absolute Gasteiger partial charge is 0.272 e. The van der Waals surface area contributed by atoms with Crippen LogP contribution < -0.4 is 15.4 Å². The third kappa shape index (κ3) is 7.04. The molecule has 1 aromatic heterocycles. The number of nitrogens with zero attached hydrogens (tertiary/aromatic N) is 1. The van der Waals surface area contributed by atoms with Crippen LogP contribution in [0.3, 0.4) is 0 Å². The van der Waals surface area contributed by atoms with Gasteiger partial charge in [0.2, 0.25) is 5.91 Å². The van der Waals surface area contributed by atoms with E-state index < -0.39 is 11.8 Å². The summed E-state index contributed by atoms with van der Waals surface area (Å²) in [4.78, 5) is 41.8. The van der Waals surface area contributed by atoms with E-state index in [0.717, 1.165) is 26.7 Å². The van der Waals surface area contributed by atoms with Gasteiger partial charge >= 0.3 is 0 Å². The molecule has 0 aliphatic rings. The number of aromatic nitrogens is 1. The van der Waals surface area contributed by atoms with E-state index in [9.17, 15) is 14.4 Å². The normalized spacial score (nSPS) is 12.1. The molecule has 0 aliphatic carbocycles. The molecule has 1 heterocycles. The number of carbonyl (C=O) groups excluding carboxylic acids is 3. The minimum Gasteiger partial charge on any atom is -0.493 e. The Morgan fingerprint density at radius 2 is 1.42 bits per heavy atom. The highest BCUT2D eigenvalue weighted by Gasteiger charge is 2.24. The summed E-state index contributed by atoms with van der Waals surface area (Å²) < 4.78 is 7.58. The molecule has 0 radical (unpaired) electrons. The lowest BCUT2D eigenvalue weighted by Crippen LogP contribution is -2.30. The largest absolute Gasteiger partial charge is 0.493 e. The summed E-state index contributed by atoms with van der Waals surface area (Å²) in [5.41, 5.74) is 3.42. The van der Waals surface area contributed by atoms with Crippen LogP contribution in [0.4, 0.5) is 5.69 Å². The number of ether oxygens (including phenoxy) is 1. The maximum absolute atomic E-state index is 14.1. The predicted molar refractivity (Wildman–Crippen MR) is 195 cm³/mol. The van der Waals surface area contributed by atoms with Crippen molar-refractivity contribution in [1.82, 2.24) is 9.88 Å². The first kappa shape index (κ1) is 32.3. The van der Waals surface area contributed by atoms with Gasteiger partial charge in [-0.15, -0.1) is 11.8 Å². The number of amides is 2. The zero-order valence-electron chi connectivity index (χ0n) is 26.7. The van der Waals surface area contributed by atoms with Gasteiger partial charge in [-0.2, -0.15) is 0 Å². The molecule has 1 atom stereocenters. The number of para-hydroxylation sites is 3. The summed E-state index contributed by atoms with van der Waals surface area (Å²) in [6, 6.07) is 39.4. The van der Waals surface area contributed by atoms with Crippen molar-refractivity contribution in [3.8, 4) is 5.75 Å². The Morgan fingerprint density at radius 1 is 0.771 bits per heavy atom. The fourth-order valence-corrected chi connectivity index (χ4v) is 6.66. The van der Waals surface area contributed by atoms with Crippen molar-refractivity contribution in [2.45, 2.75) is 30.4 Å². The maximum Gasteiger partial charge on any atom is 0.272 e. The van der Waals surface area contributed by atoms with Crippen molar-refractivity contribution in [3.63, 3.8) is 0 Å². The molecule has 48 heavy (non-hydrogen) atoms. The number of fused-ring (bicyclic) bond motifs is 3. The lowest BCUT2D eigenvalue weighted by Gasteiger charge is -2.17. The molecule has 5 aromatic carbocycles. The van der Waals surface area contributed by atoms with Gasteiger partial charge < -0.3 is 15.4 Å². The van der Waals surface area contributed by atoms with Crippen molar-refractivity contribution < 1.29 is 19.1 Å². The van der Waals surface area contributed by atoms with Crippen LogP contribution in [-0.2, 0) is 4.79 Å². The Kier molecular flexibility index (Phi) is 10.0. The molecular weight excluding hydrogens is 619 g/mol. The van der Waals surface area contributed by atoms with Gasteiger partial charge in [-0.1, -0.05) is 85.8 Å². The third-order valence-electron chi connectivity index (χ3n) is 7.86.